The Morgan fingerprint density at radius 2 is 2.17 bits per heavy atom. The van der Waals surface area contributed by atoms with Gasteiger partial charge in [-0.15, -0.1) is 0 Å². The van der Waals surface area contributed by atoms with E-state index in [0.29, 0.717) is 11.9 Å². The standard InChI is InChI=1S/C10H17NO/c1-8-5-6-10(12)11-7-3-2-4-9(8)11/h8-9H,2-7H2,1H3/t8-,9-/m0/s1. The highest BCUT2D eigenvalue weighted by Crippen LogP contribution is 2.30. The van der Waals surface area contributed by atoms with E-state index in [-0.39, 0.29) is 0 Å². The number of carbonyl (C=O) groups is 1. The van der Waals surface area contributed by atoms with E-state index in [1.807, 2.05) is 0 Å². The summed E-state index contributed by atoms with van der Waals surface area (Å²) < 4.78 is 0. The SMILES string of the molecule is C[C@H]1CCC(=O)N2CCCC[C@@H]12. The maximum absolute atomic E-state index is 11.5. The van der Waals surface area contributed by atoms with Crippen LogP contribution in [0.4, 0.5) is 0 Å². The van der Waals surface area contributed by atoms with E-state index >= 15 is 0 Å². The van der Waals surface area contributed by atoms with Crippen LogP contribution in [0.2, 0.25) is 0 Å². The molecule has 1 amide bonds. The van der Waals surface area contributed by atoms with Crippen LogP contribution in [0.3, 0.4) is 0 Å². The molecule has 2 heterocycles. The Kier molecular flexibility index (Phi) is 2.07. The number of nitrogens with zero attached hydrogens (tertiary/aromatic N) is 1. The van der Waals surface area contributed by atoms with Crippen LogP contribution < -0.4 is 0 Å². The third kappa shape index (κ3) is 1.23. The van der Waals surface area contributed by atoms with Gasteiger partial charge in [-0.2, -0.15) is 0 Å². The molecule has 68 valence electrons. The molecule has 2 nitrogen and oxygen atoms in total. The van der Waals surface area contributed by atoms with Crippen molar-refractivity contribution in [2.75, 3.05) is 6.54 Å². The molecule has 0 spiro atoms. The number of fused-ring (bicyclic) bond motifs is 1. The predicted octanol–water partition coefficient (Wildman–Crippen LogP) is 1.80. The van der Waals surface area contributed by atoms with Crippen molar-refractivity contribution in [3.05, 3.63) is 0 Å². The summed E-state index contributed by atoms with van der Waals surface area (Å²) in [5, 5.41) is 0. The van der Waals surface area contributed by atoms with Gasteiger partial charge < -0.3 is 4.90 Å². The molecule has 0 radical (unpaired) electrons. The van der Waals surface area contributed by atoms with Gasteiger partial charge in [-0.05, 0) is 31.6 Å². The summed E-state index contributed by atoms with van der Waals surface area (Å²) in [6.07, 6.45) is 5.68. The number of hydrogen-bond donors (Lipinski definition) is 0. The fourth-order valence-corrected chi connectivity index (χ4v) is 2.55. The molecule has 0 aliphatic carbocycles. The maximum Gasteiger partial charge on any atom is 0.222 e. The van der Waals surface area contributed by atoms with E-state index in [2.05, 4.69) is 11.8 Å². The van der Waals surface area contributed by atoms with Gasteiger partial charge in [0, 0.05) is 19.0 Å². The third-order valence-corrected chi connectivity index (χ3v) is 3.34. The molecular weight excluding hydrogens is 150 g/mol. The molecule has 0 aromatic rings. The Morgan fingerprint density at radius 1 is 1.33 bits per heavy atom. The first-order valence-electron chi connectivity index (χ1n) is 5.08. The van der Waals surface area contributed by atoms with Crippen LogP contribution in [0.1, 0.15) is 39.0 Å². The normalized spacial score (nSPS) is 36.4. The highest BCUT2D eigenvalue weighted by atomic mass is 16.2. The number of rotatable bonds is 0. The van der Waals surface area contributed by atoms with Crippen molar-refractivity contribution in [2.24, 2.45) is 5.92 Å². The zero-order chi connectivity index (χ0) is 8.55. The molecule has 2 rings (SSSR count). The summed E-state index contributed by atoms with van der Waals surface area (Å²) in [4.78, 5) is 13.6. The quantitative estimate of drug-likeness (QED) is 0.538. The van der Waals surface area contributed by atoms with Gasteiger partial charge in [0.15, 0.2) is 0 Å². The van der Waals surface area contributed by atoms with Crippen LogP contribution in [-0.4, -0.2) is 23.4 Å². The summed E-state index contributed by atoms with van der Waals surface area (Å²) in [7, 11) is 0. The number of piperidine rings is 2. The molecule has 2 saturated heterocycles. The highest BCUT2D eigenvalue weighted by Gasteiger charge is 2.34. The number of carbonyl (C=O) groups excluding carboxylic acids is 1. The summed E-state index contributed by atoms with van der Waals surface area (Å²) in [6, 6.07) is 0.583. The second-order valence-corrected chi connectivity index (χ2v) is 4.17. The lowest BCUT2D eigenvalue weighted by Gasteiger charge is -2.43. The van der Waals surface area contributed by atoms with Crippen LogP contribution in [0.5, 0.6) is 0 Å². The average Bonchev–Trinajstić information content (AvgIpc) is 2.12. The van der Waals surface area contributed by atoms with Crippen LogP contribution >= 0.6 is 0 Å². The maximum atomic E-state index is 11.5. The van der Waals surface area contributed by atoms with Crippen molar-refractivity contribution >= 4 is 5.91 Å². The molecule has 0 saturated carbocycles. The minimum Gasteiger partial charge on any atom is -0.339 e. The van der Waals surface area contributed by atoms with Crippen molar-refractivity contribution < 1.29 is 4.79 Å². The van der Waals surface area contributed by atoms with Crippen molar-refractivity contribution in [3.63, 3.8) is 0 Å². The van der Waals surface area contributed by atoms with E-state index in [0.717, 1.165) is 25.3 Å². The Balaban J connectivity index is 2.11. The molecule has 2 aliphatic heterocycles. The van der Waals surface area contributed by atoms with Gasteiger partial charge in [0.2, 0.25) is 5.91 Å². The first-order valence-corrected chi connectivity index (χ1v) is 5.08. The van der Waals surface area contributed by atoms with Gasteiger partial charge >= 0.3 is 0 Å². The predicted molar refractivity (Wildman–Crippen MR) is 47.8 cm³/mol. The van der Waals surface area contributed by atoms with Crippen molar-refractivity contribution in [3.8, 4) is 0 Å². The molecule has 2 fully saturated rings. The molecule has 0 bridgehead atoms. The van der Waals surface area contributed by atoms with Gasteiger partial charge in [-0.3, -0.25) is 4.79 Å². The van der Waals surface area contributed by atoms with Crippen molar-refractivity contribution in [1.82, 2.24) is 4.90 Å². The largest absolute Gasteiger partial charge is 0.339 e. The van der Waals surface area contributed by atoms with Gasteiger partial charge in [-0.25, -0.2) is 0 Å². The number of hydrogen-bond acceptors (Lipinski definition) is 1. The molecule has 2 aliphatic rings. The summed E-state index contributed by atoms with van der Waals surface area (Å²) in [5.41, 5.74) is 0. The summed E-state index contributed by atoms with van der Waals surface area (Å²) in [6.45, 7) is 3.31. The third-order valence-electron chi connectivity index (χ3n) is 3.34. The van der Waals surface area contributed by atoms with Gasteiger partial charge in [0.25, 0.3) is 0 Å². The zero-order valence-electron chi connectivity index (χ0n) is 7.75. The van der Waals surface area contributed by atoms with Crippen molar-refractivity contribution in [2.45, 2.75) is 45.1 Å². The highest BCUT2D eigenvalue weighted by molar-refractivity contribution is 5.77. The van der Waals surface area contributed by atoms with E-state index in [4.69, 9.17) is 0 Å². The average molecular weight is 167 g/mol. The molecular formula is C10H17NO. The second kappa shape index (κ2) is 3.08. The Bertz CT molecular complexity index is 190. The molecule has 0 aromatic carbocycles. The van der Waals surface area contributed by atoms with Gasteiger partial charge in [0.05, 0.1) is 0 Å². The van der Waals surface area contributed by atoms with Gasteiger partial charge in [0.1, 0.15) is 0 Å². The topological polar surface area (TPSA) is 20.3 Å². The first kappa shape index (κ1) is 8.09. The monoisotopic (exact) mass is 167 g/mol. The molecule has 0 N–H and O–H groups in total. The van der Waals surface area contributed by atoms with Crippen LogP contribution in [-0.2, 0) is 4.79 Å². The summed E-state index contributed by atoms with van der Waals surface area (Å²) >= 11 is 0. The molecule has 2 heteroatoms. The smallest absolute Gasteiger partial charge is 0.222 e. The Labute approximate surface area is 73.9 Å². The zero-order valence-corrected chi connectivity index (χ0v) is 7.75. The lowest BCUT2D eigenvalue weighted by Crippen LogP contribution is -2.50. The lowest BCUT2D eigenvalue weighted by molar-refractivity contribution is -0.140. The van der Waals surface area contributed by atoms with E-state index in [9.17, 15) is 4.79 Å². The minimum absolute atomic E-state index is 0.401. The Hall–Kier alpha value is -0.530. The minimum atomic E-state index is 0.401. The van der Waals surface area contributed by atoms with Crippen molar-refractivity contribution in [1.29, 1.82) is 0 Å². The fraction of sp³-hybridized carbons (Fsp3) is 0.900. The molecule has 0 unspecified atom stereocenters. The number of amides is 1. The summed E-state index contributed by atoms with van der Waals surface area (Å²) in [5.74, 6) is 1.14. The molecule has 12 heavy (non-hydrogen) atoms. The van der Waals surface area contributed by atoms with E-state index in [1.54, 1.807) is 0 Å². The fourth-order valence-electron chi connectivity index (χ4n) is 2.55. The van der Waals surface area contributed by atoms with Crippen LogP contribution in [0.25, 0.3) is 0 Å². The van der Waals surface area contributed by atoms with Gasteiger partial charge in [-0.1, -0.05) is 6.92 Å². The molecule has 0 aromatic heterocycles. The van der Waals surface area contributed by atoms with Crippen LogP contribution in [0.15, 0.2) is 0 Å². The molecule has 2 atom stereocenters. The van der Waals surface area contributed by atoms with E-state index in [1.165, 1.54) is 19.3 Å². The van der Waals surface area contributed by atoms with Crippen LogP contribution in [0, 0.1) is 5.92 Å². The second-order valence-electron chi connectivity index (χ2n) is 4.17. The first-order chi connectivity index (χ1) is 5.79. The van der Waals surface area contributed by atoms with E-state index < -0.39 is 0 Å². The lowest BCUT2D eigenvalue weighted by atomic mass is 9.85. The Morgan fingerprint density at radius 3 is 2.92 bits per heavy atom.